The summed E-state index contributed by atoms with van der Waals surface area (Å²) >= 11 is 0. The van der Waals surface area contributed by atoms with Crippen LogP contribution >= 0.6 is 0 Å². The molecule has 3 heterocycles. The Kier molecular flexibility index (Phi) is 5.19. The first-order valence-electron chi connectivity index (χ1n) is 9.72. The van der Waals surface area contributed by atoms with Gasteiger partial charge in [-0.25, -0.2) is 4.98 Å². The Morgan fingerprint density at radius 1 is 1.04 bits per heavy atom. The monoisotopic (exact) mass is 350 g/mol. The average Bonchev–Trinajstić information content (AvgIpc) is 2.94. The van der Waals surface area contributed by atoms with Gasteiger partial charge in [-0.05, 0) is 37.3 Å². The molecule has 2 aromatic rings. The van der Waals surface area contributed by atoms with Gasteiger partial charge in [0, 0.05) is 43.6 Å². The number of ether oxygens (including phenoxy) is 1. The number of nitrogens with zero attached hydrogens (tertiary/aromatic N) is 2. The molecule has 2 unspecified atom stereocenters. The van der Waals surface area contributed by atoms with Gasteiger partial charge in [0.1, 0.15) is 6.10 Å². The zero-order valence-corrected chi connectivity index (χ0v) is 15.1. The average molecular weight is 350 g/mol. The van der Waals surface area contributed by atoms with Crippen LogP contribution in [-0.4, -0.2) is 34.0 Å². The van der Waals surface area contributed by atoms with Crippen LogP contribution in [0.3, 0.4) is 0 Å². The topological polar surface area (TPSA) is 42.4 Å². The van der Waals surface area contributed by atoms with Crippen LogP contribution in [0.1, 0.15) is 44.1 Å². The Labute approximate surface area is 155 Å². The van der Waals surface area contributed by atoms with E-state index in [1.807, 2.05) is 24.3 Å². The minimum absolute atomic E-state index is 0.177. The van der Waals surface area contributed by atoms with Crippen LogP contribution in [0.25, 0.3) is 0 Å². The second-order valence-corrected chi connectivity index (χ2v) is 7.40. The van der Waals surface area contributed by atoms with Crippen molar-refractivity contribution in [3.8, 4) is 5.88 Å². The van der Waals surface area contributed by atoms with E-state index < -0.39 is 0 Å². The third kappa shape index (κ3) is 3.90. The number of pyridine rings is 1. The molecule has 0 spiro atoms. The summed E-state index contributed by atoms with van der Waals surface area (Å²) in [5.41, 5.74) is 1.31. The Morgan fingerprint density at radius 2 is 1.77 bits per heavy atom. The fourth-order valence-corrected chi connectivity index (χ4v) is 4.44. The molecule has 2 atom stereocenters. The molecule has 1 amide bonds. The van der Waals surface area contributed by atoms with Gasteiger partial charge < -0.3 is 9.64 Å². The van der Waals surface area contributed by atoms with Crippen molar-refractivity contribution in [3.63, 3.8) is 0 Å². The first kappa shape index (κ1) is 17.1. The summed E-state index contributed by atoms with van der Waals surface area (Å²) in [5.74, 6) is 1.02. The van der Waals surface area contributed by atoms with Crippen molar-refractivity contribution < 1.29 is 9.53 Å². The van der Waals surface area contributed by atoms with Crippen molar-refractivity contribution in [2.24, 2.45) is 0 Å². The van der Waals surface area contributed by atoms with Crippen LogP contribution in [0.5, 0.6) is 5.88 Å². The van der Waals surface area contributed by atoms with Crippen molar-refractivity contribution in [1.82, 2.24) is 9.88 Å². The lowest BCUT2D eigenvalue weighted by Gasteiger charge is -2.38. The summed E-state index contributed by atoms with van der Waals surface area (Å²) < 4.78 is 6.05. The quantitative estimate of drug-likeness (QED) is 0.791. The number of carbonyl (C=O) groups excluding carboxylic acids is 1. The van der Waals surface area contributed by atoms with E-state index in [-0.39, 0.29) is 6.10 Å². The van der Waals surface area contributed by atoms with Gasteiger partial charge in [-0.2, -0.15) is 0 Å². The van der Waals surface area contributed by atoms with E-state index in [1.165, 1.54) is 5.56 Å². The minimum atomic E-state index is 0.177. The van der Waals surface area contributed by atoms with E-state index in [9.17, 15) is 4.79 Å². The van der Waals surface area contributed by atoms with Crippen LogP contribution in [-0.2, 0) is 11.2 Å². The van der Waals surface area contributed by atoms with Crippen LogP contribution in [0.15, 0.2) is 54.7 Å². The molecule has 0 N–H and O–H groups in total. The van der Waals surface area contributed by atoms with Crippen molar-refractivity contribution in [2.45, 2.75) is 63.1 Å². The summed E-state index contributed by atoms with van der Waals surface area (Å²) in [6, 6.07) is 16.8. The van der Waals surface area contributed by atoms with Crippen molar-refractivity contribution in [3.05, 3.63) is 60.3 Å². The SMILES string of the molecule is O=C(CCCc1ccccc1)N1C2CCC1CC(Oc1ccccn1)C2. The molecule has 136 valence electrons. The Morgan fingerprint density at radius 3 is 2.46 bits per heavy atom. The van der Waals surface area contributed by atoms with Crippen molar-refractivity contribution in [1.29, 1.82) is 0 Å². The van der Waals surface area contributed by atoms with Crippen LogP contribution in [0.4, 0.5) is 0 Å². The minimum Gasteiger partial charge on any atom is -0.474 e. The lowest BCUT2D eigenvalue weighted by molar-refractivity contribution is -0.137. The Hall–Kier alpha value is -2.36. The molecule has 2 fully saturated rings. The molecular weight excluding hydrogens is 324 g/mol. The number of hydrogen-bond donors (Lipinski definition) is 0. The lowest BCUT2D eigenvalue weighted by Crippen LogP contribution is -2.49. The molecule has 2 saturated heterocycles. The predicted molar refractivity (Wildman–Crippen MR) is 101 cm³/mol. The number of aryl methyl sites for hydroxylation is 1. The number of piperidine rings is 1. The van der Waals surface area contributed by atoms with Crippen LogP contribution in [0, 0.1) is 0 Å². The predicted octanol–water partition coefficient (Wildman–Crippen LogP) is 4.01. The standard InChI is InChI=1S/C22H26N2O2/c25-22(11-6-9-17-7-2-1-3-8-17)24-18-12-13-19(24)16-20(15-18)26-21-10-4-5-14-23-21/h1-5,7-8,10,14,18-20H,6,9,11-13,15-16H2. The first-order chi connectivity index (χ1) is 12.8. The van der Waals surface area contributed by atoms with Gasteiger partial charge in [0.15, 0.2) is 0 Å². The summed E-state index contributed by atoms with van der Waals surface area (Å²) in [5, 5.41) is 0. The van der Waals surface area contributed by atoms with Crippen molar-refractivity contribution in [2.75, 3.05) is 0 Å². The molecule has 0 radical (unpaired) electrons. The highest BCUT2D eigenvalue weighted by atomic mass is 16.5. The number of carbonyl (C=O) groups is 1. The van der Waals surface area contributed by atoms with Crippen LogP contribution < -0.4 is 4.74 Å². The highest BCUT2D eigenvalue weighted by molar-refractivity contribution is 5.77. The number of amides is 1. The second kappa shape index (κ2) is 7.90. The summed E-state index contributed by atoms with van der Waals surface area (Å²) in [6.45, 7) is 0. The Balaban J connectivity index is 1.29. The zero-order chi connectivity index (χ0) is 17.8. The van der Waals surface area contributed by atoms with Gasteiger partial charge in [-0.15, -0.1) is 0 Å². The van der Waals surface area contributed by atoms with E-state index in [0.717, 1.165) is 38.5 Å². The summed E-state index contributed by atoms with van der Waals surface area (Å²) in [4.78, 5) is 19.2. The first-order valence-corrected chi connectivity index (χ1v) is 9.72. The molecule has 2 aliphatic heterocycles. The van der Waals surface area contributed by atoms with E-state index in [0.29, 0.717) is 30.3 Å². The molecule has 0 aliphatic carbocycles. The highest BCUT2D eigenvalue weighted by Crippen LogP contribution is 2.37. The number of fused-ring (bicyclic) bond motifs is 2. The molecule has 26 heavy (non-hydrogen) atoms. The normalized spacial score (nSPS) is 24.5. The van der Waals surface area contributed by atoms with E-state index in [4.69, 9.17) is 4.74 Å². The molecule has 4 nitrogen and oxygen atoms in total. The van der Waals surface area contributed by atoms with E-state index >= 15 is 0 Å². The van der Waals surface area contributed by atoms with Gasteiger partial charge in [0.2, 0.25) is 11.8 Å². The van der Waals surface area contributed by atoms with Gasteiger partial charge >= 0.3 is 0 Å². The molecule has 0 saturated carbocycles. The molecular formula is C22H26N2O2. The second-order valence-electron chi connectivity index (χ2n) is 7.40. The summed E-state index contributed by atoms with van der Waals surface area (Å²) in [6.07, 6.45) is 8.55. The van der Waals surface area contributed by atoms with E-state index in [2.05, 4.69) is 34.1 Å². The fraction of sp³-hybridized carbons (Fsp3) is 0.455. The number of rotatable bonds is 6. The van der Waals surface area contributed by atoms with Crippen LogP contribution in [0.2, 0.25) is 0 Å². The van der Waals surface area contributed by atoms with Gasteiger partial charge in [0.05, 0.1) is 0 Å². The van der Waals surface area contributed by atoms with Gasteiger partial charge in [-0.1, -0.05) is 36.4 Å². The van der Waals surface area contributed by atoms with Gasteiger partial charge in [0.25, 0.3) is 0 Å². The maximum atomic E-state index is 12.8. The van der Waals surface area contributed by atoms with Gasteiger partial charge in [-0.3, -0.25) is 4.79 Å². The van der Waals surface area contributed by atoms with Crippen molar-refractivity contribution >= 4 is 5.91 Å². The Bertz CT molecular complexity index is 705. The molecule has 4 heteroatoms. The smallest absolute Gasteiger partial charge is 0.223 e. The fourth-order valence-electron chi connectivity index (χ4n) is 4.44. The highest BCUT2D eigenvalue weighted by Gasteiger charge is 2.43. The molecule has 2 bridgehead atoms. The maximum absolute atomic E-state index is 12.8. The number of aromatic nitrogens is 1. The maximum Gasteiger partial charge on any atom is 0.223 e. The molecule has 2 aliphatic rings. The lowest BCUT2D eigenvalue weighted by atomic mass is 9.98. The molecule has 4 rings (SSSR count). The number of benzene rings is 1. The third-order valence-electron chi connectivity index (χ3n) is 5.60. The summed E-state index contributed by atoms with van der Waals surface area (Å²) in [7, 11) is 0. The zero-order valence-electron chi connectivity index (χ0n) is 15.1. The molecule has 1 aromatic heterocycles. The number of hydrogen-bond acceptors (Lipinski definition) is 3. The van der Waals surface area contributed by atoms with E-state index in [1.54, 1.807) is 6.20 Å². The largest absolute Gasteiger partial charge is 0.474 e. The third-order valence-corrected chi connectivity index (χ3v) is 5.60. The molecule has 1 aromatic carbocycles.